The number of halogens is 3. The number of furan rings is 1. The summed E-state index contributed by atoms with van der Waals surface area (Å²) in [7, 11) is 3.32. The van der Waals surface area contributed by atoms with Crippen molar-refractivity contribution in [2.75, 3.05) is 20.2 Å². The summed E-state index contributed by atoms with van der Waals surface area (Å²) in [5.41, 5.74) is 1.70. The molecular weight excluding hydrogens is 579 g/mol. The van der Waals surface area contributed by atoms with Gasteiger partial charge in [-0.3, -0.25) is 4.79 Å². The molecule has 2 fully saturated rings. The van der Waals surface area contributed by atoms with Gasteiger partial charge in [0.1, 0.15) is 16.9 Å². The first kappa shape index (κ1) is 29.9. The van der Waals surface area contributed by atoms with E-state index in [9.17, 15) is 22.8 Å². The minimum atomic E-state index is -4.59. The molecule has 2 aliphatic rings. The number of aromatic nitrogens is 3. The van der Waals surface area contributed by atoms with E-state index in [1.165, 1.54) is 7.11 Å². The lowest BCUT2D eigenvalue weighted by atomic mass is 10.0. The summed E-state index contributed by atoms with van der Waals surface area (Å²) >= 11 is 0. The second kappa shape index (κ2) is 10.8. The molecule has 0 radical (unpaired) electrons. The molecule has 0 bridgehead atoms. The number of piperidine rings is 1. The van der Waals surface area contributed by atoms with Crippen LogP contribution in [0.3, 0.4) is 0 Å². The number of amides is 2. The van der Waals surface area contributed by atoms with Crippen molar-refractivity contribution < 1.29 is 36.7 Å². The predicted molar refractivity (Wildman–Crippen MR) is 156 cm³/mol. The van der Waals surface area contributed by atoms with Gasteiger partial charge < -0.3 is 33.2 Å². The highest BCUT2D eigenvalue weighted by atomic mass is 19.4. The van der Waals surface area contributed by atoms with Crippen LogP contribution in [0.25, 0.3) is 33.7 Å². The zero-order valence-corrected chi connectivity index (χ0v) is 25.4. The average Bonchev–Trinajstić information content (AvgIpc) is 3.42. The first-order valence-corrected chi connectivity index (χ1v) is 14.8. The molecule has 4 heterocycles. The fourth-order valence-corrected chi connectivity index (χ4v) is 5.86. The lowest BCUT2D eigenvalue weighted by Crippen LogP contribution is -2.50. The number of likely N-dealkylation sites (tertiary alicyclic amines) is 1. The Kier molecular flexibility index (Phi) is 7.32. The quantitative estimate of drug-likeness (QED) is 0.271. The SMILES string of the molecule is COc1cc(C(=O)N2CCCC(NC(=O)OC(C)(C)C)C2)cc2nc(-c3cc4cc(C(F)(F)F)oc4n3CC3CC3)n(C)c12. The van der Waals surface area contributed by atoms with Crippen LogP contribution in [0.15, 0.2) is 28.7 Å². The van der Waals surface area contributed by atoms with E-state index in [1.807, 2.05) is 11.6 Å². The number of hydrogen-bond donors (Lipinski definition) is 1. The van der Waals surface area contributed by atoms with Gasteiger partial charge in [-0.05, 0) is 76.6 Å². The van der Waals surface area contributed by atoms with E-state index in [0.717, 1.165) is 25.3 Å². The highest BCUT2D eigenvalue weighted by molar-refractivity contribution is 6.00. The van der Waals surface area contributed by atoms with Crippen molar-refractivity contribution in [2.24, 2.45) is 13.0 Å². The van der Waals surface area contributed by atoms with Crippen molar-refractivity contribution in [3.63, 3.8) is 0 Å². The van der Waals surface area contributed by atoms with E-state index in [4.69, 9.17) is 18.9 Å². The zero-order chi connectivity index (χ0) is 31.6. The Bertz CT molecular complexity index is 1740. The van der Waals surface area contributed by atoms with Crippen LogP contribution < -0.4 is 10.1 Å². The minimum absolute atomic E-state index is 0.161. The van der Waals surface area contributed by atoms with Crippen LogP contribution in [0.4, 0.5) is 18.0 Å². The molecule has 4 aromatic rings. The van der Waals surface area contributed by atoms with E-state index in [2.05, 4.69) is 5.32 Å². The van der Waals surface area contributed by atoms with Crippen LogP contribution in [0.1, 0.15) is 62.6 Å². The maximum Gasteiger partial charge on any atom is 0.449 e. The fraction of sp³-hybridized carbons (Fsp3) is 0.516. The maximum atomic E-state index is 13.7. The number of imidazole rings is 1. The van der Waals surface area contributed by atoms with Crippen molar-refractivity contribution in [1.29, 1.82) is 0 Å². The maximum absolute atomic E-state index is 13.7. The summed E-state index contributed by atoms with van der Waals surface area (Å²) in [6.45, 7) is 6.76. The number of hydrogen-bond acceptors (Lipinski definition) is 6. The third-order valence-electron chi connectivity index (χ3n) is 8.05. The summed E-state index contributed by atoms with van der Waals surface area (Å²) in [5.74, 6) is 0.0615. The van der Waals surface area contributed by atoms with Crippen LogP contribution in [0.2, 0.25) is 0 Å². The zero-order valence-electron chi connectivity index (χ0n) is 25.4. The number of benzene rings is 1. The van der Waals surface area contributed by atoms with Gasteiger partial charge in [-0.15, -0.1) is 0 Å². The Morgan fingerprint density at radius 2 is 1.86 bits per heavy atom. The van der Waals surface area contributed by atoms with Crippen molar-refractivity contribution in [3.05, 3.63) is 35.6 Å². The second-order valence-corrected chi connectivity index (χ2v) is 12.7. The molecule has 6 rings (SSSR count). The highest BCUT2D eigenvalue weighted by Crippen LogP contribution is 2.41. The largest absolute Gasteiger partial charge is 0.494 e. The summed E-state index contributed by atoms with van der Waals surface area (Å²) in [4.78, 5) is 32.6. The summed E-state index contributed by atoms with van der Waals surface area (Å²) in [6.07, 6.45) is -1.67. The van der Waals surface area contributed by atoms with Crippen LogP contribution in [-0.4, -0.2) is 62.9 Å². The normalized spacial score (nSPS) is 17.8. The first-order valence-electron chi connectivity index (χ1n) is 14.8. The van der Waals surface area contributed by atoms with Crippen molar-refractivity contribution in [1.82, 2.24) is 24.3 Å². The molecule has 236 valence electrons. The monoisotopic (exact) mass is 615 g/mol. The van der Waals surface area contributed by atoms with Crippen LogP contribution in [0, 0.1) is 5.92 Å². The molecule has 44 heavy (non-hydrogen) atoms. The minimum Gasteiger partial charge on any atom is -0.494 e. The Balaban J connectivity index is 1.32. The molecule has 0 spiro atoms. The number of fused-ring (bicyclic) bond motifs is 2. The van der Waals surface area contributed by atoms with Crippen molar-refractivity contribution in [2.45, 2.75) is 70.8 Å². The van der Waals surface area contributed by atoms with E-state index < -0.39 is 23.6 Å². The van der Waals surface area contributed by atoms with E-state index in [-0.39, 0.29) is 17.7 Å². The van der Waals surface area contributed by atoms with Gasteiger partial charge in [0.05, 0.1) is 18.3 Å². The Labute approximate surface area is 252 Å². The molecule has 1 N–H and O–H groups in total. The molecule has 1 aliphatic carbocycles. The fourth-order valence-electron chi connectivity index (χ4n) is 5.86. The molecule has 13 heteroatoms. The number of carbonyl (C=O) groups is 2. The molecule has 1 unspecified atom stereocenters. The third kappa shape index (κ3) is 5.83. The summed E-state index contributed by atoms with van der Waals surface area (Å²) in [5, 5.41) is 3.22. The molecule has 1 saturated carbocycles. The molecule has 3 aromatic heterocycles. The third-order valence-corrected chi connectivity index (χ3v) is 8.05. The molecule has 10 nitrogen and oxygen atoms in total. The summed E-state index contributed by atoms with van der Waals surface area (Å²) in [6, 6.07) is 5.82. The number of alkyl halides is 3. The molecule has 2 amide bonds. The standard InChI is InChI=1S/C31H36F3N5O5/c1-30(2,3)44-29(41)35-20-7-6-10-38(16-20)27(40)18-11-21-25(23(13-18)42-5)37(4)26(36-21)22-12-19-14-24(31(32,33)34)43-28(19)39(22)15-17-8-9-17/h11-14,17,20H,6-10,15-16H2,1-5H3,(H,35,41). The summed E-state index contributed by atoms with van der Waals surface area (Å²) < 4.78 is 60.2. The van der Waals surface area contributed by atoms with Crippen LogP contribution in [-0.2, 0) is 24.5 Å². The second-order valence-electron chi connectivity index (χ2n) is 12.7. The Morgan fingerprint density at radius 3 is 2.52 bits per heavy atom. The number of nitrogens with zero attached hydrogens (tertiary/aromatic N) is 4. The number of methoxy groups -OCH3 is 1. The van der Waals surface area contributed by atoms with E-state index in [1.54, 1.807) is 48.4 Å². The topological polar surface area (TPSA) is 104 Å². The number of aryl methyl sites for hydroxylation is 1. The van der Waals surface area contributed by atoms with Gasteiger partial charge >= 0.3 is 12.3 Å². The first-order chi connectivity index (χ1) is 20.7. The predicted octanol–water partition coefficient (Wildman–Crippen LogP) is 6.35. The van der Waals surface area contributed by atoms with Gasteiger partial charge in [-0.1, -0.05) is 0 Å². The number of carbonyl (C=O) groups excluding carboxylic acids is 2. The van der Waals surface area contributed by atoms with E-state index in [0.29, 0.717) is 71.2 Å². The lowest BCUT2D eigenvalue weighted by Gasteiger charge is -2.33. The van der Waals surface area contributed by atoms with Crippen molar-refractivity contribution >= 4 is 34.1 Å². The van der Waals surface area contributed by atoms with Crippen molar-refractivity contribution in [3.8, 4) is 17.3 Å². The highest BCUT2D eigenvalue weighted by Gasteiger charge is 2.37. The van der Waals surface area contributed by atoms with Gasteiger partial charge in [-0.2, -0.15) is 13.2 Å². The number of rotatable bonds is 6. The average molecular weight is 616 g/mol. The van der Waals surface area contributed by atoms with Gasteiger partial charge in [-0.25, -0.2) is 9.78 Å². The smallest absolute Gasteiger partial charge is 0.449 e. The number of ether oxygens (including phenoxy) is 2. The number of nitrogens with one attached hydrogen (secondary N) is 1. The van der Waals surface area contributed by atoms with Gasteiger partial charge in [0.15, 0.2) is 5.82 Å². The molecule has 1 aliphatic heterocycles. The molecule has 1 atom stereocenters. The van der Waals surface area contributed by atoms with E-state index >= 15 is 0 Å². The molecular formula is C31H36F3N5O5. The molecule has 1 aromatic carbocycles. The Hall–Kier alpha value is -4.16. The van der Waals surface area contributed by atoms with Crippen LogP contribution >= 0.6 is 0 Å². The van der Waals surface area contributed by atoms with Crippen LogP contribution in [0.5, 0.6) is 5.75 Å². The number of alkyl carbamates (subject to hydrolysis) is 1. The van der Waals surface area contributed by atoms with Gasteiger partial charge in [0.25, 0.3) is 5.91 Å². The Morgan fingerprint density at radius 1 is 1.11 bits per heavy atom. The lowest BCUT2D eigenvalue weighted by molar-refractivity contribution is -0.152. The van der Waals surface area contributed by atoms with Gasteiger partial charge in [0, 0.05) is 43.7 Å². The molecule has 1 saturated heterocycles. The van der Waals surface area contributed by atoms with Gasteiger partial charge in [0.2, 0.25) is 11.5 Å².